The van der Waals surface area contributed by atoms with Gasteiger partial charge in [0.1, 0.15) is 0 Å². The standard InChI is InChI=1S/C13H10.C6H6/c1-4-10-6-2-8-12-9-3-7-11(5-1)13(10)12;1-2-4-6-5-3-1/h1-8H,9H2;1-6H. The third-order valence-electron chi connectivity index (χ3n) is 3.33. The first kappa shape index (κ1) is 11.7. The molecule has 0 aliphatic heterocycles. The molecular formula is C19H16. The van der Waals surface area contributed by atoms with Gasteiger partial charge in [0.25, 0.3) is 0 Å². The fourth-order valence-corrected chi connectivity index (χ4v) is 2.46. The Morgan fingerprint density at radius 3 is 1.95 bits per heavy atom. The average Bonchev–Trinajstić information content (AvgIpc) is 2.51. The highest BCUT2D eigenvalue weighted by molar-refractivity contribution is 5.94. The minimum absolute atomic E-state index is 1.08. The van der Waals surface area contributed by atoms with Crippen molar-refractivity contribution >= 4 is 16.8 Å². The van der Waals surface area contributed by atoms with Crippen molar-refractivity contribution in [2.45, 2.75) is 6.42 Å². The molecule has 92 valence electrons. The molecule has 0 bridgehead atoms. The zero-order valence-electron chi connectivity index (χ0n) is 10.8. The van der Waals surface area contributed by atoms with Crippen LogP contribution in [-0.4, -0.2) is 0 Å². The highest BCUT2D eigenvalue weighted by atomic mass is 14.1. The normalized spacial score (nSPS) is 11.8. The van der Waals surface area contributed by atoms with Crippen LogP contribution in [0.2, 0.25) is 0 Å². The second kappa shape index (κ2) is 5.53. The van der Waals surface area contributed by atoms with Crippen LogP contribution < -0.4 is 0 Å². The van der Waals surface area contributed by atoms with Crippen LogP contribution in [-0.2, 0) is 6.42 Å². The van der Waals surface area contributed by atoms with E-state index in [9.17, 15) is 0 Å². The maximum atomic E-state index is 2.23. The van der Waals surface area contributed by atoms with Crippen molar-refractivity contribution in [2.24, 2.45) is 0 Å². The van der Waals surface area contributed by atoms with Gasteiger partial charge in [-0.25, -0.2) is 0 Å². The zero-order chi connectivity index (χ0) is 12.9. The lowest BCUT2D eigenvalue weighted by Crippen LogP contribution is -1.91. The number of benzene rings is 3. The molecule has 3 aromatic carbocycles. The van der Waals surface area contributed by atoms with Crippen molar-refractivity contribution in [3.05, 3.63) is 90.0 Å². The molecule has 0 amide bonds. The van der Waals surface area contributed by atoms with Crippen molar-refractivity contribution in [3.8, 4) is 0 Å². The Labute approximate surface area is 114 Å². The largest absolute Gasteiger partial charge is 0.0795 e. The van der Waals surface area contributed by atoms with E-state index in [0.29, 0.717) is 0 Å². The number of rotatable bonds is 0. The first-order valence-corrected chi connectivity index (χ1v) is 6.62. The van der Waals surface area contributed by atoms with E-state index < -0.39 is 0 Å². The highest BCUT2D eigenvalue weighted by Crippen LogP contribution is 2.27. The van der Waals surface area contributed by atoms with E-state index in [4.69, 9.17) is 0 Å². The second-order valence-electron chi connectivity index (χ2n) is 4.62. The molecule has 19 heavy (non-hydrogen) atoms. The zero-order valence-corrected chi connectivity index (χ0v) is 10.8. The lowest BCUT2D eigenvalue weighted by molar-refractivity contribution is 1.29. The summed E-state index contributed by atoms with van der Waals surface area (Å²) in [6, 6.07) is 25.0. The molecule has 3 aromatic rings. The van der Waals surface area contributed by atoms with E-state index in [1.165, 1.54) is 21.9 Å². The van der Waals surface area contributed by atoms with Crippen LogP contribution in [0.5, 0.6) is 0 Å². The molecule has 0 spiro atoms. The van der Waals surface area contributed by atoms with Gasteiger partial charge in [-0.1, -0.05) is 84.9 Å². The summed E-state index contributed by atoms with van der Waals surface area (Å²) in [5.74, 6) is 0. The van der Waals surface area contributed by atoms with Crippen molar-refractivity contribution < 1.29 is 0 Å². The molecule has 0 atom stereocenters. The molecule has 0 N–H and O–H groups in total. The fraction of sp³-hybridized carbons (Fsp3) is 0.0526. The Morgan fingerprint density at radius 1 is 0.632 bits per heavy atom. The van der Waals surface area contributed by atoms with E-state index in [1.807, 2.05) is 36.4 Å². The number of allylic oxidation sites excluding steroid dienone is 1. The van der Waals surface area contributed by atoms with Gasteiger partial charge in [0, 0.05) is 0 Å². The Morgan fingerprint density at radius 2 is 1.26 bits per heavy atom. The summed E-state index contributed by atoms with van der Waals surface area (Å²) in [6.45, 7) is 0. The van der Waals surface area contributed by atoms with Gasteiger partial charge in [-0.3, -0.25) is 0 Å². The van der Waals surface area contributed by atoms with Crippen molar-refractivity contribution in [1.82, 2.24) is 0 Å². The molecule has 0 heteroatoms. The smallest absolute Gasteiger partial charge is 0.00763 e. The quantitative estimate of drug-likeness (QED) is 0.516. The van der Waals surface area contributed by atoms with Gasteiger partial charge in [-0.2, -0.15) is 0 Å². The molecule has 0 aromatic heterocycles. The molecule has 4 rings (SSSR count). The summed E-state index contributed by atoms with van der Waals surface area (Å²) in [4.78, 5) is 0. The Balaban J connectivity index is 0.000000155. The van der Waals surface area contributed by atoms with Gasteiger partial charge in [-0.15, -0.1) is 0 Å². The maximum Gasteiger partial charge on any atom is -0.00763 e. The van der Waals surface area contributed by atoms with Gasteiger partial charge < -0.3 is 0 Å². The predicted molar refractivity (Wildman–Crippen MR) is 83.1 cm³/mol. The summed E-state index contributed by atoms with van der Waals surface area (Å²) in [7, 11) is 0. The van der Waals surface area contributed by atoms with Crippen molar-refractivity contribution in [2.75, 3.05) is 0 Å². The molecule has 0 radical (unpaired) electrons. The Hall–Kier alpha value is -2.34. The van der Waals surface area contributed by atoms with Crippen LogP contribution in [0.4, 0.5) is 0 Å². The van der Waals surface area contributed by atoms with Crippen LogP contribution in [0.3, 0.4) is 0 Å². The van der Waals surface area contributed by atoms with Crippen LogP contribution in [0.15, 0.2) is 78.9 Å². The fourth-order valence-electron chi connectivity index (χ4n) is 2.46. The minimum atomic E-state index is 1.08. The Bertz CT molecular complexity index is 662. The summed E-state index contributed by atoms with van der Waals surface area (Å²) in [5, 5.41) is 2.80. The van der Waals surface area contributed by atoms with Gasteiger partial charge >= 0.3 is 0 Å². The maximum absolute atomic E-state index is 2.23. The van der Waals surface area contributed by atoms with E-state index >= 15 is 0 Å². The second-order valence-corrected chi connectivity index (χ2v) is 4.62. The van der Waals surface area contributed by atoms with Gasteiger partial charge in [0.2, 0.25) is 0 Å². The monoisotopic (exact) mass is 244 g/mol. The summed E-state index contributed by atoms with van der Waals surface area (Å²) in [6.07, 6.45) is 5.53. The highest BCUT2D eigenvalue weighted by Gasteiger charge is 2.06. The third-order valence-corrected chi connectivity index (χ3v) is 3.33. The van der Waals surface area contributed by atoms with Crippen LogP contribution in [0.1, 0.15) is 11.1 Å². The molecule has 0 saturated carbocycles. The average molecular weight is 244 g/mol. The first-order chi connectivity index (χ1) is 9.45. The summed E-state index contributed by atoms with van der Waals surface area (Å²) < 4.78 is 0. The molecule has 1 aliphatic rings. The van der Waals surface area contributed by atoms with E-state index in [1.54, 1.807) is 0 Å². The van der Waals surface area contributed by atoms with Crippen LogP contribution in [0, 0.1) is 0 Å². The first-order valence-electron chi connectivity index (χ1n) is 6.62. The van der Waals surface area contributed by atoms with Gasteiger partial charge in [0.15, 0.2) is 0 Å². The van der Waals surface area contributed by atoms with Gasteiger partial charge in [-0.05, 0) is 28.3 Å². The topological polar surface area (TPSA) is 0 Å². The molecule has 0 saturated heterocycles. The lowest BCUT2D eigenvalue weighted by Gasteiger charge is -2.11. The molecule has 0 nitrogen and oxygen atoms in total. The van der Waals surface area contributed by atoms with Gasteiger partial charge in [0.05, 0.1) is 0 Å². The summed E-state index contributed by atoms with van der Waals surface area (Å²) >= 11 is 0. The number of hydrogen-bond donors (Lipinski definition) is 0. The van der Waals surface area contributed by atoms with E-state index in [-0.39, 0.29) is 0 Å². The van der Waals surface area contributed by atoms with Crippen LogP contribution in [0.25, 0.3) is 16.8 Å². The third kappa shape index (κ3) is 2.58. The molecule has 0 heterocycles. The molecule has 0 unspecified atom stereocenters. The Kier molecular flexibility index (Phi) is 3.42. The van der Waals surface area contributed by atoms with E-state index in [2.05, 4.69) is 48.6 Å². The summed E-state index contributed by atoms with van der Waals surface area (Å²) in [5.41, 5.74) is 2.81. The minimum Gasteiger partial charge on any atom is -0.0795 e. The van der Waals surface area contributed by atoms with E-state index in [0.717, 1.165) is 6.42 Å². The van der Waals surface area contributed by atoms with Crippen molar-refractivity contribution in [1.29, 1.82) is 0 Å². The SMILES string of the molecule is C1=Cc2cccc3cccc(c23)C1.c1ccccc1. The molecular weight excluding hydrogens is 228 g/mol. The lowest BCUT2D eigenvalue weighted by atomic mass is 9.93. The molecule has 1 aliphatic carbocycles. The predicted octanol–water partition coefficient (Wildman–Crippen LogP) is 5.10. The van der Waals surface area contributed by atoms with Crippen LogP contribution >= 0.6 is 0 Å². The molecule has 0 fully saturated rings. The number of hydrogen-bond acceptors (Lipinski definition) is 0. The van der Waals surface area contributed by atoms with Crippen molar-refractivity contribution in [3.63, 3.8) is 0 Å².